The predicted octanol–water partition coefficient (Wildman–Crippen LogP) is 4.43. The number of hydrogen-bond donors (Lipinski definition) is 1. The zero-order valence-electron chi connectivity index (χ0n) is 12.7. The third-order valence-corrected chi connectivity index (χ3v) is 4.77. The van der Waals surface area contributed by atoms with Crippen LogP contribution in [0.5, 0.6) is 0 Å². The average Bonchev–Trinajstić information content (AvgIpc) is 2.53. The molecule has 1 fully saturated rings. The topological polar surface area (TPSA) is 35.8 Å². The van der Waals surface area contributed by atoms with Gasteiger partial charge in [-0.3, -0.25) is 0 Å². The van der Waals surface area contributed by atoms with E-state index in [1.165, 1.54) is 37.7 Å². The average molecular weight is 270 g/mol. The molecule has 1 atom stereocenters. The van der Waals surface area contributed by atoms with E-state index < -0.39 is 0 Å². The molecule has 20 heavy (non-hydrogen) atoms. The highest BCUT2D eigenvalue weighted by molar-refractivity contribution is 5.33. The fraction of sp³-hybridized carbons (Fsp3) is 0.611. The van der Waals surface area contributed by atoms with Gasteiger partial charge in [0.1, 0.15) is 0 Å². The van der Waals surface area contributed by atoms with Crippen LogP contribution in [0, 0.1) is 23.2 Å². The summed E-state index contributed by atoms with van der Waals surface area (Å²) in [6.07, 6.45) is 6.90. The first kappa shape index (κ1) is 15.1. The molecule has 2 rings (SSSR count). The fourth-order valence-electron chi connectivity index (χ4n) is 3.18. The first-order valence-corrected chi connectivity index (χ1v) is 7.96. The minimum atomic E-state index is 0.326. The van der Waals surface area contributed by atoms with E-state index in [1.54, 1.807) is 0 Å². The van der Waals surface area contributed by atoms with Crippen molar-refractivity contribution in [2.45, 2.75) is 52.0 Å². The molecular formula is C18H26N2. The van der Waals surface area contributed by atoms with Crippen molar-refractivity contribution in [3.63, 3.8) is 0 Å². The number of rotatable bonds is 5. The SMILES string of the molecule is CCC1CCC(CNC(C)c2cccc(C#N)c2)CC1. The van der Waals surface area contributed by atoms with Crippen molar-refractivity contribution in [3.05, 3.63) is 35.4 Å². The van der Waals surface area contributed by atoms with E-state index in [1.807, 2.05) is 18.2 Å². The summed E-state index contributed by atoms with van der Waals surface area (Å²) < 4.78 is 0. The molecule has 2 heteroatoms. The highest BCUT2D eigenvalue weighted by atomic mass is 14.9. The van der Waals surface area contributed by atoms with Crippen LogP contribution in [0.15, 0.2) is 24.3 Å². The van der Waals surface area contributed by atoms with Crippen molar-refractivity contribution in [2.24, 2.45) is 11.8 Å². The summed E-state index contributed by atoms with van der Waals surface area (Å²) in [6.45, 7) is 5.61. The lowest BCUT2D eigenvalue weighted by atomic mass is 9.81. The zero-order valence-corrected chi connectivity index (χ0v) is 12.7. The van der Waals surface area contributed by atoms with Crippen LogP contribution < -0.4 is 5.32 Å². The van der Waals surface area contributed by atoms with Gasteiger partial charge in [-0.25, -0.2) is 0 Å². The van der Waals surface area contributed by atoms with Crippen molar-refractivity contribution < 1.29 is 0 Å². The summed E-state index contributed by atoms with van der Waals surface area (Å²) in [6, 6.07) is 10.5. The summed E-state index contributed by atoms with van der Waals surface area (Å²) in [5.41, 5.74) is 1.96. The standard InChI is InChI=1S/C18H26N2/c1-3-15-7-9-16(10-8-15)13-20-14(2)18-6-4-5-17(11-18)12-19/h4-6,11,14-16,20H,3,7-10,13H2,1-2H3. The molecule has 0 radical (unpaired) electrons. The van der Waals surface area contributed by atoms with Gasteiger partial charge in [0.15, 0.2) is 0 Å². The molecule has 1 unspecified atom stereocenters. The maximum absolute atomic E-state index is 8.96. The molecule has 1 aliphatic carbocycles. The van der Waals surface area contributed by atoms with E-state index in [9.17, 15) is 0 Å². The fourth-order valence-corrected chi connectivity index (χ4v) is 3.18. The maximum atomic E-state index is 8.96. The van der Waals surface area contributed by atoms with Gasteiger partial charge in [-0.1, -0.05) is 38.3 Å². The minimum Gasteiger partial charge on any atom is -0.310 e. The summed E-state index contributed by atoms with van der Waals surface area (Å²) in [7, 11) is 0. The number of benzene rings is 1. The lowest BCUT2D eigenvalue weighted by Crippen LogP contribution is -2.28. The molecule has 0 spiro atoms. The molecule has 1 aromatic rings. The van der Waals surface area contributed by atoms with Crippen LogP contribution >= 0.6 is 0 Å². The molecule has 2 nitrogen and oxygen atoms in total. The van der Waals surface area contributed by atoms with Crippen LogP contribution in [0.1, 0.15) is 63.1 Å². The minimum absolute atomic E-state index is 0.326. The van der Waals surface area contributed by atoms with E-state index >= 15 is 0 Å². The van der Waals surface area contributed by atoms with Gasteiger partial charge in [0.25, 0.3) is 0 Å². The molecule has 0 amide bonds. The van der Waals surface area contributed by atoms with Crippen LogP contribution in [0.4, 0.5) is 0 Å². The molecule has 1 aliphatic rings. The molecule has 0 aromatic heterocycles. The Morgan fingerprint density at radius 2 is 1.95 bits per heavy atom. The Labute approximate surface area is 123 Å². The molecular weight excluding hydrogens is 244 g/mol. The summed E-state index contributed by atoms with van der Waals surface area (Å²) >= 11 is 0. The van der Waals surface area contributed by atoms with Gasteiger partial charge < -0.3 is 5.32 Å². The molecule has 0 heterocycles. The van der Waals surface area contributed by atoms with E-state index in [0.29, 0.717) is 6.04 Å². The number of hydrogen-bond acceptors (Lipinski definition) is 2. The highest BCUT2D eigenvalue weighted by Gasteiger charge is 2.20. The van der Waals surface area contributed by atoms with Crippen LogP contribution in [-0.4, -0.2) is 6.54 Å². The van der Waals surface area contributed by atoms with Gasteiger partial charge in [0.05, 0.1) is 11.6 Å². The van der Waals surface area contributed by atoms with Gasteiger partial charge in [0.2, 0.25) is 0 Å². The third-order valence-electron chi connectivity index (χ3n) is 4.77. The number of nitrogens with zero attached hydrogens (tertiary/aromatic N) is 1. The predicted molar refractivity (Wildman–Crippen MR) is 83.3 cm³/mol. The van der Waals surface area contributed by atoms with Gasteiger partial charge in [-0.15, -0.1) is 0 Å². The van der Waals surface area contributed by atoms with Crippen LogP contribution in [-0.2, 0) is 0 Å². The Balaban J connectivity index is 1.80. The lowest BCUT2D eigenvalue weighted by molar-refractivity contribution is 0.258. The van der Waals surface area contributed by atoms with Gasteiger partial charge >= 0.3 is 0 Å². The molecule has 1 saturated carbocycles. The van der Waals surface area contributed by atoms with Gasteiger partial charge in [-0.05, 0) is 55.8 Å². The Kier molecular flexibility index (Phi) is 5.61. The van der Waals surface area contributed by atoms with Crippen LogP contribution in [0.2, 0.25) is 0 Å². The third kappa shape index (κ3) is 4.08. The monoisotopic (exact) mass is 270 g/mol. The lowest BCUT2D eigenvalue weighted by Gasteiger charge is -2.29. The van der Waals surface area contributed by atoms with Crippen molar-refractivity contribution in [2.75, 3.05) is 6.54 Å². The van der Waals surface area contributed by atoms with E-state index in [0.717, 1.165) is 23.9 Å². The maximum Gasteiger partial charge on any atom is 0.0991 e. The van der Waals surface area contributed by atoms with Crippen LogP contribution in [0.3, 0.4) is 0 Å². The van der Waals surface area contributed by atoms with Crippen molar-refractivity contribution in [3.8, 4) is 6.07 Å². The molecule has 0 bridgehead atoms. The number of nitrogens with one attached hydrogen (secondary N) is 1. The quantitative estimate of drug-likeness (QED) is 0.859. The Bertz CT molecular complexity index is 453. The second kappa shape index (κ2) is 7.45. The molecule has 1 aromatic carbocycles. The normalized spacial score (nSPS) is 24.1. The van der Waals surface area contributed by atoms with Crippen molar-refractivity contribution in [1.82, 2.24) is 5.32 Å². The van der Waals surface area contributed by atoms with Crippen LogP contribution in [0.25, 0.3) is 0 Å². The highest BCUT2D eigenvalue weighted by Crippen LogP contribution is 2.30. The smallest absolute Gasteiger partial charge is 0.0991 e. The Hall–Kier alpha value is -1.33. The summed E-state index contributed by atoms with van der Waals surface area (Å²) in [5.74, 6) is 1.80. The van der Waals surface area contributed by atoms with E-state index in [2.05, 4.69) is 31.3 Å². The second-order valence-corrected chi connectivity index (χ2v) is 6.16. The Morgan fingerprint density at radius 3 is 2.60 bits per heavy atom. The van der Waals surface area contributed by atoms with Crippen molar-refractivity contribution >= 4 is 0 Å². The molecule has 0 saturated heterocycles. The molecule has 0 aliphatic heterocycles. The van der Waals surface area contributed by atoms with Gasteiger partial charge in [0, 0.05) is 6.04 Å². The summed E-state index contributed by atoms with van der Waals surface area (Å²) in [5, 5.41) is 12.6. The largest absolute Gasteiger partial charge is 0.310 e. The second-order valence-electron chi connectivity index (χ2n) is 6.16. The summed E-state index contributed by atoms with van der Waals surface area (Å²) in [4.78, 5) is 0. The van der Waals surface area contributed by atoms with Gasteiger partial charge in [-0.2, -0.15) is 5.26 Å². The first-order valence-electron chi connectivity index (χ1n) is 7.96. The van der Waals surface area contributed by atoms with Crippen molar-refractivity contribution in [1.29, 1.82) is 5.26 Å². The first-order chi connectivity index (χ1) is 9.72. The molecule has 108 valence electrons. The van der Waals surface area contributed by atoms with E-state index in [4.69, 9.17) is 5.26 Å². The Morgan fingerprint density at radius 1 is 1.25 bits per heavy atom. The number of nitriles is 1. The zero-order chi connectivity index (χ0) is 14.4. The van der Waals surface area contributed by atoms with E-state index in [-0.39, 0.29) is 0 Å². The molecule has 1 N–H and O–H groups in total.